The third kappa shape index (κ3) is 14.9. The van der Waals surface area contributed by atoms with Crippen molar-refractivity contribution in [1.29, 1.82) is 0 Å². The largest absolute Gasteiger partial charge is 0.311 e. The molecule has 0 amide bonds. The molecule has 120 heavy (non-hydrogen) atoms. The first-order valence-corrected chi connectivity index (χ1v) is 41.1. The number of anilines is 12. The number of para-hydroxylation sites is 4. The van der Waals surface area contributed by atoms with Crippen LogP contribution in [0, 0.1) is 0 Å². The van der Waals surface area contributed by atoms with Gasteiger partial charge in [-0.2, -0.15) is 0 Å². The third-order valence-electron chi connectivity index (χ3n) is 23.1. The highest BCUT2D eigenvalue weighted by Crippen LogP contribution is 2.49. The van der Waals surface area contributed by atoms with E-state index in [4.69, 9.17) is 0 Å². The molecule has 0 aromatic heterocycles. The van der Waals surface area contributed by atoms with Gasteiger partial charge in [-0.15, -0.1) is 0 Å². The van der Waals surface area contributed by atoms with Gasteiger partial charge in [0.15, 0.2) is 0 Å². The van der Waals surface area contributed by atoms with Crippen LogP contribution in [0.15, 0.2) is 497 Å². The van der Waals surface area contributed by atoms with Crippen molar-refractivity contribution in [2.24, 2.45) is 0 Å². The Balaban J connectivity index is 0.572. The van der Waals surface area contributed by atoms with Gasteiger partial charge in [0.1, 0.15) is 0 Å². The lowest BCUT2D eigenvalue weighted by Crippen LogP contribution is -2.11. The van der Waals surface area contributed by atoms with Gasteiger partial charge in [-0.25, -0.2) is 0 Å². The number of hydrogen-bond acceptors (Lipinski definition) is 4. The summed E-state index contributed by atoms with van der Waals surface area (Å²) in [6.45, 7) is 0. The van der Waals surface area contributed by atoms with Gasteiger partial charge in [0.25, 0.3) is 0 Å². The van der Waals surface area contributed by atoms with Gasteiger partial charge >= 0.3 is 0 Å². The summed E-state index contributed by atoms with van der Waals surface area (Å²) >= 11 is 0. The monoisotopic (exact) mass is 1530 g/mol. The molecular formula is C116H82N4. The van der Waals surface area contributed by atoms with Crippen LogP contribution in [0.5, 0.6) is 0 Å². The molecule has 20 aromatic carbocycles. The summed E-state index contributed by atoms with van der Waals surface area (Å²) in [5.74, 6) is 0. The molecule has 0 saturated carbocycles. The van der Waals surface area contributed by atoms with Gasteiger partial charge in [0, 0.05) is 67.4 Å². The summed E-state index contributed by atoms with van der Waals surface area (Å²) in [6, 6.07) is 181. The molecule has 0 spiro atoms. The molecule has 0 aliphatic heterocycles. The average Bonchev–Trinajstić information content (AvgIpc) is 0.789. The summed E-state index contributed by atoms with van der Waals surface area (Å²) < 4.78 is 0. The zero-order chi connectivity index (χ0) is 79.9. The van der Waals surface area contributed by atoms with Crippen molar-refractivity contribution in [2.45, 2.75) is 0 Å². The van der Waals surface area contributed by atoms with Crippen LogP contribution in [0.3, 0.4) is 0 Å². The van der Waals surface area contributed by atoms with Crippen LogP contribution < -0.4 is 19.6 Å². The van der Waals surface area contributed by atoms with E-state index in [-0.39, 0.29) is 0 Å². The molecule has 0 unspecified atom stereocenters. The summed E-state index contributed by atoms with van der Waals surface area (Å²) in [5.41, 5.74) is 33.9. The Bertz CT molecular complexity index is 6840. The molecule has 0 radical (unpaired) electrons. The highest BCUT2D eigenvalue weighted by Gasteiger charge is 2.24. The first-order valence-electron chi connectivity index (χ1n) is 41.1. The topological polar surface area (TPSA) is 13.0 Å². The van der Waals surface area contributed by atoms with Crippen molar-refractivity contribution in [1.82, 2.24) is 0 Å². The molecule has 566 valence electrons. The molecule has 0 bridgehead atoms. The smallest absolute Gasteiger partial charge is 0.0540 e. The Morgan fingerprint density at radius 2 is 0.358 bits per heavy atom. The minimum absolute atomic E-state index is 1.06. The van der Waals surface area contributed by atoms with Crippen LogP contribution in [0.4, 0.5) is 68.2 Å². The van der Waals surface area contributed by atoms with Gasteiger partial charge < -0.3 is 19.6 Å². The maximum Gasteiger partial charge on any atom is 0.0540 e. The lowest BCUT2D eigenvalue weighted by atomic mass is 9.94. The first-order chi connectivity index (χ1) is 59.5. The van der Waals surface area contributed by atoms with Crippen molar-refractivity contribution in [3.8, 4) is 100 Å². The van der Waals surface area contributed by atoms with Crippen LogP contribution in [-0.2, 0) is 0 Å². The second kappa shape index (κ2) is 33.1. The highest BCUT2D eigenvalue weighted by atomic mass is 15.2. The maximum absolute atomic E-state index is 2.40. The average molecular weight is 1530 g/mol. The molecule has 0 aliphatic carbocycles. The third-order valence-corrected chi connectivity index (χ3v) is 23.1. The van der Waals surface area contributed by atoms with Gasteiger partial charge in [-0.3, -0.25) is 0 Å². The van der Waals surface area contributed by atoms with Crippen LogP contribution >= 0.6 is 0 Å². The number of benzene rings is 20. The Morgan fingerprint density at radius 3 is 0.792 bits per heavy atom. The highest BCUT2D eigenvalue weighted by molar-refractivity contribution is 6.07. The van der Waals surface area contributed by atoms with E-state index < -0.39 is 0 Å². The number of hydrogen-bond donors (Lipinski definition) is 0. The summed E-state index contributed by atoms with van der Waals surface area (Å²) in [7, 11) is 0. The van der Waals surface area contributed by atoms with Crippen LogP contribution in [0.1, 0.15) is 0 Å². The number of fused-ring (bicyclic) bond motifs is 2. The van der Waals surface area contributed by atoms with Gasteiger partial charge in [-0.05, 0) is 227 Å². The summed E-state index contributed by atoms with van der Waals surface area (Å²) in [5, 5.41) is 4.74. The van der Waals surface area contributed by atoms with E-state index in [1.807, 2.05) is 0 Å². The van der Waals surface area contributed by atoms with Crippen LogP contribution in [-0.4, -0.2) is 0 Å². The van der Waals surface area contributed by atoms with E-state index in [2.05, 4.69) is 517 Å². The number of rotatable bonds is 21. The van der Waals surface area contributed by atoms with Gasteiger partial charge in [-0.1, -0.05) is 370 Å². The predicted molar refractivity (Wildman–Crippen MR) is 509 cm³/mol. The molecule has 0 N–H and O–H groups in total. The Hall–Kier alpha value is -15.9. The molecule has 0 atom stereocenters. The lowest BCUT2D eigenvalue weighted by molar-refractivity contribution is 1.28. The normalized spacial score (nSPS) is 11.2. The van der Waals surface area contributed by atoms with Crippen LogP contribution in [0.2, 0.25) is 0 Å². The molecule has 0 aliphatic rings. The second-order valence-electron chi connectivity index (χ2n) is 30.3. The van der Waals surface area contributed by atoms with Gasteiger partial charge in [0.2, 0.25) is 0 Å². The van der Waals surface area contributed by atoms with Crippen molar-refractivity contribution in [2.75, 3.05) is 19.6 Å². The standard InChI is InChI=1S/C116H82N4/c1-6-26-83(27-7-1)88-56-68-101(69-57-88)117(102-70-58-91(59-71-102)86-50-54-96(55-51-86)110-42-21-23-46-114(110)120(100-38-14-5-15-39-100)115-47-25-33-94-32-16-17-40-108(94)115)103-72-66-93(67-73-103)97-34-24-35-98(82-97)107-80-81-116(112-44-19-18-43-111(107)112)118(99-36-12-4-13-37-99)104-78-64-92(65-79-104)87-48-52-95(53-49-87)109-41-20-22-45-113(109)119(105-74-60-89(61-75-105)84-28-8-2-9-29-84)106-76-62-90(63-77-106)85-30-10-3-11-31-85/h1-82H. The summed E-state index contributed by atoms with van der Waals surface area (Å²) in [6.07, 6.45) is 0. The molecule has 20 aromatic rings. The zero-order valence-electron chi connectivity index (χ0n) is 66.1. The van der Waals surface area contributed by atoms with E-state index in [0.717, 1.165) is 135 Å². The minimum Gasteiger partial charge on any atom is -0.311 e. The second-order valence-corrected chi connectivity index (χ2v) is 30.3. The fourth-order valence-corrected chi connectivity index (χ4v) is 17.1. The molecule has 20 rings (SSSR count). The molecular weight excluding hydrogens is 1450 g/mol. The quantitative estimate of drug-likeness (QED) is 0.0711. The first kappa shape index (κ1) is 73.0. The Morgan fingerprint density at radius 1 is 0.108 bits per heavy atom. The van der Waals surface area contributed by atoms with E-state index >= 15 is 0 Å². The number of nitrogens with zero attached hydrogens (tertiary/aromatic N) is 4. The molecule has 0 saturated heterocycles. The molecule has 4 nitrogen and oxygen atoms in total. The van der Waals surface area contributed by atoms with E-state index in [1.54, 1.807) is 0 Å². The van der Waals surface area contributed by atoms with Crippen molar-refractivity contribution >= 4 is 89.8 Å². The van der Waals surface area contributed by atoms with E-state index in [9.17, 15) is 0 Å². The predicted octanol–water partition coefficient (Wildman–Crippen LogP) is 32.9. The molecule has 0 heterocycles. The zero-order valence-corrected chi connectivity index (χ0v) is 66.1. The van der Waals surface area contributed by atoms with E-state index in [1.165, 1.54) is 55.1 Å². The van der Waals surface area contributed by atoms with E-state index in [0.29, 0.717) is 0 Å². The molecule has 0 fully saturated rings. The lowest BCUT2D eigenvalue weighted by Gasteiger charge is -2.29. The molecule has 4 heteroatoms. The minimum atomic E-state index is 1.06. The van der Waals surface area contributed by atoms with Crippen molar-refractivity contribution < 1.29 is 0 Å². The van der Waals surface area contributed by atoms with Crippen LogP contribution in [0.25, 0.3) is 122 Å². The van der Waals surface area contributed by atoms with Crippen molar-refractivity contribution in [3.63, 3.8) is 0 Å². The maximum atomic E-state index is 2.40. The fourth-order valence-electron chi connectivity index (χ4n) is 17.1. The SMILES string of the molecule is c1ccc(-c2ccc(N(c3ccc(-c4ccc(-c5ccccc5N(c5ccccc5)c5cccc6ccccc56)cc4)cc3)c3ccc(-c4cccc(-c5ccc(N(c6ccccc6)c6ccc(-c7ccc(-c8ccccc8N(c8ccc(-c9ccccc9)cc8)c8ccc(-c9ccccc9)cc8)cc7)cc6)c6ccccc56)c4)cc3)cc2)cc1. The Labute approximate surface area is 702 Å². The van der Waals surface area contributed by atoms with Crippen molar-refractivity contribution in [3.05, 3.63) is 497 Å². The van der Waals surface area contributed by atoms with Gasteiger partial charge in [0.05, 0.1) is 22.7 Å². The Kier molecular flexibility index (Phi) is 20.2. The fraction of sp³-hybridized carbons (Fsp3) is 0. The summed E-state index contributed by atoms with van der Waals surface area (Å²) in [4.78, 5) is 9.54.